The van der Waals surface area contributed by atoms with E-state index in [-0.39, 0.29) is 13.5 Å². The van der Waals surface area contributed by atoms with Crippen LogP contribution in [0.5, 0.6) is 0 Å². The molecule has 0 heterocycles. The van der Waals surface area contributed by atoms with Gasteiger partial charge in [0.05, 0.1) is 0 Å². The van der Waals surface area contributed by atoms with Crippen LogP contribution in [-0.4, -0.2) is 22.5 Å². The summed E-state index contributed by atoms with van der Waals surface area (Å²) in [6.45, 7) is 6.95. The van der Waals surface area contributed by atoms with Crippen molar-refractivity contribution in [2.75, 3.05) is 0 Å². The first-order chi connectivity index (χ1) is 6.68. The second kappa shape index (κ2) is 11.6. The zero-order valence-corrected chi connectivity index (χ0v) is 14.6. The van der Waals surface area contributed by atoms with Crippen molar-refractivity contribution in [2.45, 2.75) is 82.0 Å². The predicted molar refractivity (Wildman–Crippen MR) is 75.8 cm³/mol. The van der Waals surface area contributed by atoms with Crippen molar-refractivity contribution in [1.82, 2.24) is 0 Å². The first-order valence-electron chi connectivity index (χ1n) is 6.43. The van der Waals surface area contributed by atoms with E-state index in [0.29, 0.717) is 0 Å². The van der Waals surface area contributed by atoms with E-state index in [2.05, 4.69) is 20.8 Å². The van der Waals surface area contributed by atoms with Crippen LogP contribution in [0.3, 0.4) is 0 Å². The summed E-state index contributed by atoms with van der Waals surface area (Å²) in [5, 5.41) is 0. The van der Waals surface area contributed by atoms with Crippen LogP contribution < -0.4 is 0 Å². The summed E-state index contributed by atoms with van der Waals surface area (Å²) in [4.78, 5) is 0. The Balaban J connectivity index is 0. The van der Waals surface area contributed by atoms with Crippen LogP contribution >= 0.6 is 0 Å². The maximum absolute atomic E-state index is 2.32. The van der Waals surface area contributed by atoms with Crippen molar-refractivity contribution in [1.29, 1.82) is 0 Å². The molecule has 0 saturated heterocycles. The molecule has 0 spiro atoms. The molecular formula is C13H28SSn. The molecule has 2 heteroatoms. The predicted octanol–water partition coefficient (Wildman–Crippen LogP) is 4.61. The molecule has 0 nitrogen and oxygen atoms in total. The number of hydrogen-bond donors (Lipinski definition) is 0. The van der Waals surface area contributed by atoms with Gasteiger partial charge in [0.2, 0.25) is 0 Å². The Bertz CT molecular complexity index is 104. The van der Waals surface area contributed by atoms with E-state index in [1.54, 1.807) is 22.5 Å². The molecule has 0 amide bonds. The van der Waals surface area contributed by atoms with Crippen LogP contribution in [0.25, 0.3) is 0 Å². The van der Waals surface area contributed by atoms with Crippen LogP contribution in [0.1, 0.15) is 78.6 Å². The normalized spacial score (nSPS) is 11.1. The average Bonchev–Trinajstić information content (AvgIpc) is 2.21. The SMILES string of the molecule is CCCC[C]([Sn+])(CCCC)CCCC.[SH-]. The largest absolute Gasteiger partial charge is 0.813 e. The number of unbranched alkanes of at least 4 members (excludes halogenated alkanes) is 3. The molecule has 0 saturated carbocycles. The van der Waals surface area contributed by atoms with Gasteiger partial charge in [0.1, 0.15) is 0 Å². The number of thiol groups is 1. The fourth-order valence-electron chi connectivity index (χ4n) is 1.92. The summed E-state index contributed by atoms with van der Waals surface area (Å²) in [7, 11) is 0. The maximum atomic E-state index is 2.32. The minimum Gasteiger partial charge on any atom is -0.813 e. The monoisotopic (exact) mass is 336 g/mol. The van der Waals surface area contributed by atoms with Crippen LogP contribution in [0, 0.1) is 0 Å². The Labute approximate surface area is 118 Å². The van der Waals surface area contributed by atoms with Gasteiger partial charge in [-0.15, -0.1) is 0 Å². The van der Waals surface area contributed by atoms with Crippen molar-refractivity contribution in [3.05, 3.63) is 0 Å². The fraction of sp³-hybridized carbons (Fsp3) is 1.00. The molecule has 0 bridgehead atoms. The summed E-state index contributed by atoms with van der Waals surface area (Å²) in [6, 6.07) is 0. The molecule has 15 heavy (non-hydrogen) atoms. The van der Waals surface area contributed by atoms with Crippen molar-refractivity contribution in [3.8, 4) is 0 Å². The zero-order chi connectivity index (χ0) is 10.9. The maximum Gasteiger partial charge on any atom is -0.813 e. The zero-order valence-electron chi connectivity index (χ0n) is 10.8. The molecule has 90 valence electrons. The Hall–Kier alpha value is 1.15. The molecule has 0 unspecified atom stereocenters. The second-order valence-electron chi connectivity index (χ2n) is 4.59. The first kappa shape index (κ1) is 18.5. The molecule has 0 aromatic heterocycles. The molecule has 0 aliphatic carbocycles. The van der Waals surface area contributed by atoms with Gasteiger partial charge in [0.25, 0.3) is 0 Å². The molecule has 0 N–H and O–H groups in total. The van der Waals surface area contributed by atoms with E-state index in [9.17, 15) is 0 Å². The number of rotatable bonds is 9. The van der Waals surface area contributed by atoms with E-state index in [0.717, 1.165) is 3.43 Å². The molecular weight excluding hydrogens is 307 g/mol. The average molecular weight is 335 g/mol. The second-order valence-corrected chi connectivity index (χ2v) is 7.62. The third-order valence-electron chi connectivity index (χ3n) is 3.03. The first-order valence-corrected chi connectivity index (χ1v) is 7.86. The Kier molecular flexibility index (Phi) is 14.4. The van der Waals surface area contributed by atoms with Crippen LogP contribution in [0.4, 0.5) is 0 Å². The number of hydrogen-bond acceptors (Lipinski definition) is 1. The standard InChI is InChI=1S/C13H27.H2S.Sn/c1-4-7-10-13(11-8-5-2)12-9-6-3;;/h4-12H2,1-3H3;1H2;/q;;+1/p-1. The van der Waals surface area contributed by atoms with Gasteiger partial charge in [-0.25, -0.2) is 0 Å². The Morgan fingerprint density at radius 1 is 0.733 bits per heavy atom. The van der Waals surface area contributed by atoms with Gasteiger partial charge in [-0.2, -0.15) is 0 Å². The molecule has 0 aromatic rings. The van der Waals surface area contributed by atoms with E-state index >= 15 is 0 Å². The topological polar surface area (TPSA) is 0 Å². The van der Waals surface area contributed by atoms with Crippen LogP contribution in [0.2, 0.25) is 3.43 Å². The van der Waals surface area contributed by atoms with Crippen molar-refractivity contribution in [3.63, 3.8) is 0 Å². The van der Waals surface area contributed by atoms with E-state index in [1.165, 1.54) is 57.8 Å². The summed E-state index contributed by atoms with van der Waals surface area (Å²) in [5.41, 5.74) is 0. The summed E-state index contributed by atoms with van der Waals surface area (Å²) in [5.74, 6) is 0. The summed E-state index contributed by atoms with van der Waals surface area (Å²) < 4.78 is 0.745. The third kappa shape index (κ3) is 10.0. The van der Waals surface area contributed by atoms with E-state index < -0.39 is 0 Å². The Morgan fingerprint density at radius 2 is 1.00 bits per heavy atom. The molecule has 0 rings (SSSR count). The van der Waals surface area contributed by atoms with Crippen molar-refractivity contribution in [2.24, 2.45) is 0 Å². The van der Waals surface area contributed by atoms with E-state index in [1.807, 2.05) is 0 Å². The van der Waals surface area contributed by atoms with Gasteiger partial charge >= 0.3 is 105 Å². The quantitative estimate of drug-likeness (QED) is 0.337. The van der Waals surface area contributed by atoms with Crippen LogP contribution in [-0.2, 0) is 13.5 Å². The van der Waals surface area contributed by atoms with E-state index in [4.69, 9.17) is 0 Å². The summed E-state index contributed by atoms with van der Waals surface area (Å²) in [6.07, 6.45) is 12.9. The third-order valence-corrected chi connectivity index (χ3v) is 5.17. The van der Waals surface area contributed by atoms with Gasteiger partial charge in [-0.05, 0) is 0 Å². The molecule has 0 atom stereocenters. The Morgan fingerprint density at radius 3 is 1.20 bits per heavy atom. The molecule has 0 aliphatic rings. The van der Waals surface area contributed by atoms with Crippen LogP contribution in [0.15, 0.2) is 0 Å². The van der Waals surface area contributed by atoms with Gasteiger partial charge < -0.3 is 13.5 Å². The summed E-state index contributed by atoms with van der Waals surface area (Å²) >= 11 is 1.80. The van der Waals surface area contributed by atoms with Gasteiger partial charge in [-0.3, -0.25) is 0 Å². The van der Waals surface area contributed by atoms with Gasteiger partial charge in [0.15, 0.2) is 0 Å². The molecule has 0 aliphatic heterocycles. The smallest absolute Gasteiger partial charge is 0.813 e. The van der Waals surface area contributed by atoms with Gasteiger partial charge in [-0.1, -0.05) is 0 Å². The molecule has 2 radical (unpaired) electrons. The van der Waals surface area contributed by atoms with Gasteiger partial charge in [0, 0.05) is 0 Å². The minimum absolute atomic E-state index is 0. The fourth-order valence-corrected chi connectivity index (χ4v) is 3.43. The van der Waals surface area contributed by atoms with Crippen molar-refractivity contribution < 1.29 is 0 Å². The molecule has 0 fully saturated rings. The minimum atomic E-state index is 0. The molecule has 0 aromatic carbocycles. The van der Waals surface area contributed by atoms with Crippen molar-refractivity contribution >= 4 is 36.0 Å².